The van der Waals surface area contributed by atoms with Crippen molar-refractivity contribution in [2.75, 3.05) is 6.61 Å². The molecule has 3 rings (SSSR count). The van der Waals surface area contributed by atoms with Crippen LogP contribution in [0.4, 0.5) is 0 Å². The van der Waals surface area contributed by atoms with E-state index in [-0.39, 0.29) is 12.1 Å². The van der Waals surface area contributed by atoms with Crippen LogP contribution in [0.5, 0.6) is 0 Å². The normalized spacial score (nSPS) is 20.6. The molecule has 23 heavy (non-hydrogen) atoms. The van der Waals surface area contributed by atoms with Gasteiger partial charge in [-0.15, -0.1) is 0 Å². The molecule has 0 saturated carbocycles. The zero-order valence-corrected chi connectivity index (χ0v) is 13.1. The highest BCUT2D eigenvalue weighted by molar-refractivity contribution is 5.77. The van der Waals surface area contributed by atoms with Crippen LogP contribution in [-0.4, -0.2) is 22.1 Å². The fourth-order valence-electron chi connectivity index (χ4n) is 2.84. The molecule has 120 valence electrons. The van der Waals surface area contributed by atoms with E-state index in [0.29, 0.717) is 29.3 Å². The summed E-state index contributed by atoms with van der Waals surface area (Å²) in [6, 6.07) is 7.10. The van der Waals surface area contributed by atoms with E-state index in [9.17, 15) is 9.59 Å². The number of ether oxygens (including phenoxy) is 1. The quantitative estimate of drug-likeness (QED) is 0.643. The number of hydrogen-bond acceptors (Lipinski definition) is 4. The molecule has 0 aliphatic heterocycles. The standard InChI is InChI=1S/C18H20N2O3/c1-13-6-2-3-7-14(13)11-23-17(21)10-20-12-19-16-9-5-4-8-15(16)18(20)22/h2-5,8-9,12-14H,6-7,10-11H2,1H3. The number of esters is 1. The van der Waals surface area contributed by atoms with Crippen LogP contribution in [-0.2, 0) is 16.1 Å². The van der Waals surface area contributed by atoms with E-state index in [4.69, 9.17) is 4.74 Å². The number of nitrogens with zero attached hydrogens (tertiary/aromatic N) is 2. The first kappa shape index (κ1) is 15.5. The third-order valence-corrected chi connectivity index (χ3v) is 4.41. The molecule has 2 unspecified atom stereocenters. The maximum atomic E-state index is 12.3. The van der Waals surface area contributed by atoms with E-state index < -0.39 is 5.97 Å². The van der Waals surface area contributed by atoms with Crippen LogP contribution >= 0.6 is 0 Å². The molecule has 0 fully saturated rings. The highest BCUT2D eigenvalue weighted by Crippen LogP contribution is 2.25. The van der Waals surface area contributed by atoms with Gasteiger partial charge in [0.05, 0.1) is 23.8 Å². The minimum absolute atomic E-state index is 0.104. The molecule has 5 heteroatoms. The molecular weight excluding hydrogens is 292 g/mol. The van der Waals surface area contributed by atoms with Crippen LogP contribution in [0.25, 0.3) is 10.9 Å². The highest BCUT2D eigenvalue weighted by atomic mass is 16.5. The minimum atomic E-state index is -0.397. The minimum Gasteiger partial charge on any atom is -0.464 e. The summed E-state index contributed by atoms with van der Waals surface area (Å²) >= 11 is 0. The van der Waals surface area contributed by atoms with Crippen molar-refractivity contribution in [3.63, 3.8) is 0 Å². The van der Waals surface area contributed by atoms with Gasteiger partial charge in [-0.05, 0) is 36.8 Å². The molecule has 1 heterocycles. The van der Waals surface area contributed by atoms with Gasteiger partial charge in [0.1, 0.15) is 6.54 Å². The first-order valence-corrected chi connectivity index (χ1v) is 7.90. The number of rotatable bonds is 4. The van der Waals surface area contributed by atoms with E-state index in [0.717, 1.165) is 12.8 Å². The van der Waals surface area contributed by atoms with Gasteiger partial charge in [0.25, 0.3) is 5.56 Å². The Bertz CT molecular complexity index is 794. The van der Waals surface area contributed by atoms with Gasteiger partial charge in [-0.25, -0.2) is 4.98 Å². The number of benzene rings is 1. The second-order valence-electron chi connectivity index (χ2n) is 6.06. The molecule has 2 atom stereocenters. The van der Waals surface area contributed by atoms with Crippen molar-refractivity contribution in [1.82, 2.24) is 9.55 Å². The number of carbonyl (C=O) groups excluding carboxylic acids is 1. The van der Waals surface area contributed by atoms with Crippen LogP contribution in [0.15, 0.2) is 47.5 Å². The van der Waals surface area contributed by atoms with Crippen molar-refractivity contribution in [2.24, 2.45) is 11.8 Å². The van der Waals surface area contributed by atoms with E-state index in [1.54, 1.807) is 18.2 Å². The fourth-order valence-corrected chi connectivity index (χ4v) is 2.84. The smallest absolute Gasteiger partial charge is 0.326 e. The number of allylic oxidation sites excluding steroid dienone is 2. The number of aromatic nitrogens is 2. The second kappa shape index (κ2) is 6.77. The topological polar surface area (TPSA) is 61.2 Å². The molecule has 5 nitrogen and oxygen atoms in total. The Labute approximate surface area is 134 Å². The maximum absolute atomic E-state index is 12.3. The van der Waals surface area contributed by atoms with Gasteiger partial charge in [0, 0.05) is 0 Å². The van der Waals surface area contributed by atoms with E-state index >= 15 is 0 Å². The average Bonchev–Trinajstić information content (AvgIpc) is 2.57. The number of carbonyl (C=O) groups is 1. The lowest BCUT2D eigenvalue weighted by Gasteiger charge is -2.24. The van der Waals surface area contributed by atoms with Crippen molar-refractivity contribution in [2.45, 2.75) is 26.3 Å². The Kier molecular flexibility index (Phi) is 4.55. The van der Waals surface area contributed by atoms with Gasteiger partial charge in [-0.1, -0.05) is 31.2 Å². The van der Waals surface area contributed by atoms with Crippen LogP contribution in [0, 0.1) is 11.8 Å². The third kappa shape index (κ3) is 3.50. The highest BCUT2D eigenvalue weighted by Gasteiger charge is 2.20. The summed E-state index contributed by atoms with van der Waals surface area (Å²) in [6.07, 6.45) is 7.67. The summed E-state index contributed by atoms with van der Waals surface area (Å²) in [5.74, 6) is 0.471. The van der Waals surface area contributed by atoms with Crippen molar-refractivity contribution in [3.8, 4) is 0 Å². The average molecular weight is 312 g/mol. The third-order valence-electron chi connectivity index (χ3n) is 4.41. The molecule has 1 aromatic carbocycles. The fraction of sp³-hybridized carbons (Fsp3) is 0.389. The lowest BCUT2D eigenvalue weighted by molar-refractivity contribution is -0.146. The van der Waals surface area contributed by atoms with Gasteiger partial charge in [0.15, 0.2) is 0 Å². The molecule has 0 saturated heterocycles. The van der Waals surface area contributed by atoms with Gasteiger partial charge < -0.3 is 4.74 Å². The largest absolute Gasteiger partial charge is 0.464 e. The van der Waals surface area contributed by atoms with Crippen molar-refractivity contribution in [3.05, 3.63) is 53.1 Å². The predicted molar refractivity (Wildman–Crippen MR) is 88.0 cm³/mol. The predicted octanol–water partition coefficient (Wildman–Crippen LogP) is 2.54. The molecule has 0 amide bonds. The van der Waals surface area contributed by atoms with Crippen LogP contribution < -0.4 is 5.56 Å². The Balaban J connectivity index is 1.65. The maximum Gasteiger partial charge on any atom is 0.326 e. The van der Waals surface area contributed by atoms with Crippen LogP contribution in [0.3, 0.4) is 0 Å². The second-order valence-corrected chi connectivity index (χ2v) is 6.06. The van der Waals surface area contributed by atoms with E-state index in [2.05, 4.69) is 24.1 Å². The molecular formula is C18H20N2O3. The lowest BCUT2D eigenvalue weighted by Crippen LogP contribution is -2.28. The molecule has 0 N–H and O–H groups in total. The van der Waals surface area contributed by atoms with Gasteiger partial charge in [-0.3, -0.25) is 14.2 Å². The number of fused-ring (bicyclic) bond motifs is 1. The SMILES string of the molecule is CC1CC=CCC1COC(=O)Cn1cnc2ccccc2c1=O. The molecule has 0 bridgehead atoms. The summed E-state index contributed by atoms with van der Waals surface area (Å²) in [4.78, 5) is 28.6. The van der Waals surface area contributed by atoms with E-state index in [1.165, 1.54) is 10.9 Å². The first-order valence-electron chi connectivity index (χ1n) is 7.90. The zero-order valence-electron chi connectivity index (χ0n) is 13.1. The molecule has 0 spiro atoms. The van der Waals surface area contributed by atoms with Gasteiger partial charge in [0.2, 0.25) is 0 Å². The Morgan fingerprint density at radius 3 is 2.91 bits per heavy atom. The van der Waals surface area contributed by atoms with E-state index in [1.807, 2.05) is 6.07 Å². The molecule has 2 aromatic rings. The van der Waals surface area contributed by atoms with Crippen LogP contribution in [0.2, 0.25) is 0 Å². The van der Waals surface area contributed by atoms with Crippen molar-refractivity contribution >= 4 is 16.9 Å². The summed E-state index contributed by atoms with van der Waals surface area (Å²) in [7, 11) is 0. The van der Waals surface area contributed by atoms with Crippen LogP contribution in [0.1, 0.15) is 19.8 Å². The summed E-state index contributed by atoms with van der Waals surface area (Å²) < 4.78 is 6.66. The summed E-state index contributed by atoms with van der Waals surface area (Å²) in [5, 5.41) is 0.508. The molecule has 1 aliphatic carbocycles. The lowest BCUT2D eigenvalue weighted by atomic mass is 9.85. The van der Waals surface area contributed by atoms with Gasteiger partial charge in [-0.2, -0.15) is 0 Å². The summed E-state index contributed by atoms with van der Waals surface area (Å²) in [5.41, 5.74) is 0.409. The Hall–Kier alpha value is -2.43. The Morgan fingerprint density at radius 2 is 2.09 bits per heavy atom. The van der Waals surface area contributed by atoms with Crippen molar-refractivity contribution in [1.29, 1.82) is 0 Å². The van der Waals surface area contributed by atoms with Gasteiger partial charge >= 0.3 is 5.97 Å². The Morgan fingerprint density at radius 1 is 1.30 bits per heavy atom. The molecule has 0 radical (unpaired) electrons. The first-order chi connectivity index (χ1) is 11.1. The number of hydrogen-bond donors (Lipinski definition) is 0. The van der Waals surface area contributed by atoms with Crippen molar-refractivity contribution < 1.29 is 9.53 Å². The zero-order chi connectivity index (χ0) is 16.2. The molecule has 1 aliphatic rings. The monoisotopic (exact) mass is 312 g/mol. The number of para-hydroxylation sites is 1. The summed E-state index contributed by atoms with van der Waals surface area (Å²) in [6.45, 7) is 2.47. The molecule has 1 aromatic heterocycles.